The zero-order chi connectivity index (χ0) is 20.6. The fourth-order valence-electron chi connectivity index (χ4n) is 4.40. The smallest absolute Gasteiger partial charge is 0.0625 e. The number of hydrogen-bond acceptors (Lipinski definition) is 1. The normalized spacial score (nSPS) is 13.2. The van der Waals surface area contributed by atoms with Crippen molar-refractivity contribution in [2.45, 2.75) is 103 Å². The van der Waals surface area contributed by atoms with Crippen molar-refractivity contribution < 1.29 is 0 Å². The first-order valence-corrected chi connectivity index (χ1v) is 12.2. The Morgan fingerprint density at radius 3 is 1.59 bits per heavy atom. The fourth-order valence-corrected chi connectivity index (χ4v) is 4.40. The molecule has 0 saturated carbocycles. The highest BCUT2D eigenvalue weighted by atomic mass is 15.0. The van der Waals surface area contributed by atoms with Gasteiger partial charge in [0.2, 0.25) is 0 Å². The molecule has 0 saturated heterocycles. The van der Waals surface area contributed by atoms with Gasteiger partial charge in [-0.05, 0) is 30.5 Å². The highest BCUT2D eigenvalue weighted by Crippen LogP contribution is 2.37. The zero-order valence-electron chi connectivity index (χ0n) is 19.0. The van der Waals surface area contributed by atoms with E-state index in [0.717, 1.165) is 0 Å². The number of anilines is 1. The second-order valence-corrected chi connectivity index (χ2v) is 8.62. The van der Waals surface area contributed by atoms with E-state index in [1.807, 2.05) is 0 Å². The Hall–Kier alpha value is -1.76. The number of benzene rings is 2. The minimum atomic E-state index is 0.0417. The van der Waals surface area contributed by atoms with E-state index in [4.69, 9.17) is 0 Å². The summed E-state index contributed by atoms with van der Waals surface area (Å²) >= 11 is 0. The predicted octanol–water partition coefficient (Wildman–Crippen LogP) is 9.11. The molecule has 0 aliphatic rings. The van der Waals surface area contributed by atoms with Gasteiger partial charge >= 0.3 is 0 Å². The highest BCUT2D eigenvalue weighted by molar-refractivity contribution is 5.48. The lowest BCUT2D eigenvalue weighted by Gasteiger charge is -2.37. The highest BCUT2D eigenvalue weighted by Gasteiger charge is 2.31. The van der Waals surface area contributed by atoms with Gasteiger partial charge in [-0.2, -0.15) is 0 Å². The van der Waals surface area contributed by atoms with E-state index >= 15 is 0 Å². The molecule has 0 aliphatic carbocycles. The molecule has 0 amide bonds. The van der Waals surface area contributed by atoms with Crippen LogP contribution in [-0.4, -0.2) is 0 Å². The van der Waals surface area contributed by atoms with E-state index in [9.17, 15) is 0 Å². The first-order valence-electron chi connectivity index (χ1n) is 12.2. The second-order valence-electron chi connectivity index (χ2n) is 8.62. The summed E-state index contributed by atoms with van der Waals surface area (Å²) < 4.78 is 0. The molecular weight excluding hydrogens is 350 g/mol. The molecule has 0 bridgehead atoms. The lowest BCUT2D eigenvalue weighted by atomic mass is 9.80. The van der Waals surface area contributed by atoms with Crippen molar-refractivity contribution in [3.05, 3.63) is 66.2 Å². The Kier molecular flexibility index (Phi) is 11.6. The Bertz CT molecular complexity index is 621. The molecule has 0 spiro atoms. The van der Waals surface area contributed by atoms with Gasteiger partial charge in [-0.25, -0.2) is 0 Å². The van der Waals surface area contributed by atoms with Crippen molar-refractivity contribution in [1.82, 2.24) is 0 Å². The van der Waals surface area contributed by atoms with Crippen molar-refractivity contribution >= 4 is 5.69 Å². The third-order valence-corrected chi connectivity index (χ3v) is 6.15. The lowest BCUT2D eigenvalue weighted by molar-refractivity contribution is 0.376. The van der Waals surface area contributed by atoms with Gasteiger partial charge in [-0.1, -0.05) is 133 Å². The molecule has 1 heteroatoms. The molecule has 29 heavy (non-hydrogen) atoms. The molecular formula is C28H43N. The summed E-state index contributed by atoms with van der Waals surface area (Å²) in [7, 11) is 0. The summed E-state index contributed by atoms with van der Waals surface area (Å²) in [4.78, 5) is 0. The molecule has 1 nitrogen and oxygen atoms in total. The van der Waals surface area contributed by atoms with Crippen LogP contribution < -0.4 is 5.32 Å². The molecule has 0 heterocycles. The fraction of sp³-hybridized carbons (Fsp3) is 0.571. The maximum Gasteiger partial charge on any atom is 0.0625 e. The Labute approximate surface area is 180 Å². The van der Waals surface area contributed by atoms with Crippen molar-refractivity contribution in [2.75, 3.05) is 5.32 Å². The van der Waals surface area contributed by atoms with Crippen molar-refractivity contribution in [2.24, 2.45) is 0 Å². The molecule has 2 rings (SSSR count). The van der Waals surface area contributed by atoms with Gasteiger partial charge in [-0.15, -0.1) is 0 Å². The Morgan fingerprint density at radius 1 is 0.552 bits per heavy atom. The Balaban J connectivity index is 2.05. The molecule has 0 fully saturated rings. The zero-order valence-corrected chi connectivity index (χ0v) is 19.0. The van der Waals surface area contributed by atoms with Gasteiger partial charge in [0.05, 0.1) is 5.54 Å². The van der Waals surface area contributed by atoms with Crippen LogP contribution in [-0.2, 0) is 5.54 Å². The molecule has 2 aromatic rings. The number of hydrogen-bond donors (Lipinski definition) is 1. The number of para-hydroxylation sites is 1. The molecule has 0 aromatic heterocycles. The van der Waals surface area contributed by atoms with E-state index < -0.39 is 0 Å². The van der Waals surface area contributed by atoms with Crippen LogP contribution in [0.3, 0.4) is 0 Å². The van der Waals surface area contributed by atoms with Gasteiger partial charge in [0.1, 0.15) is 0 Å². The van der Waals surface area contributed by atoms with E-state index in [0.29, 0.717) is 0 Å². The molecule has 2 aromatic carbocycles. The van der Waals surface area contributed by atoms with Gasteiger partial charge in [0.15, 0.2) is 0 Å². The standard InChI is InChI=1S/C28H43N/c1-3-5-7-8-9-10-11-19-25-28(24-18-6-4-2,26-20-14-12-15-21-26)29-27-22-16-13-17-23-27/h12-17,20-23,29H,3-11,18-19,24-25H2,1-2H3/t28-/m1/s1. The first-order chi connectivity index (χ1) is 14.3. The summed E-state index contributed by atoms with van der Waals surface area (Å²) in [6.07, 6.45) is 17.3. The van der Waals surface area contributed by atoms with Crippen LogP contribution in [0.1, 0.15) is 103 Å². The first kappa shape index (κ1) is 23.5. The predicted molar refractivity (Wildman–Crippen MR) is 130 cm³/mol. The molecule has 0 radical (unpaired) electrons. The minimum absolute atomic E-state index is 0.0417. The van der Waals surface area contributed by atoms with Gasteiger partial charge in [0, 0.05) is 5.69 Å². The average molecular weight is 394 g/mol. The van der Waals surface area contributed by atoms with Crippen LogP contribution >= 0.6 is 0 Å². The summed E-state index contributed by atoms with van der Waals surface area (Å²) in [5, 5.41) is 3.99. The quantitative estimate of drug-likeness (QED) is 0.280. The molecule has 1 N–H and O–H groups in total. The van der Waals surface area contributed by atoms with E-state index in [2.05, 4.69) is 79.8 Å². The van der Waals surface area contributed by atoms with Crippen molar-refractivity contribution in [3.63, 3.8) is 0 Å². The van der Waals surface area contributed by atoms with Gasteiger partial charge < -0.3 is 5.32 Å². The maximum absolute atomic E-state index is 3.99. The van der Waals surface area contributed by atoms with Crippen LogP contribution in [0.2, 0.25) is 0 Å². The largest absolute Gasteiger partial charge is 0.376 e. The number of nitrogens with one attached hydrogen (secondary N) is 1. The second kappa shape index (κ2) is 14.3. The number of unbranched alkanes of at least 4 members (excludes halogenated alkanes) is 9. The third kappa shape index (κ3) is 8.64. The van der Waals surface area contributed by atoms with Crippen LogP contribution in [0.15, 0.2) is 60.7 Å². The van der Waals surface area contributed by atoms with Crippen LogP contribution in [0.4, 0.5) is 5.69 Å². The average Bonchev–Trinajstić information content (AvgIpc) is 2.77. The third-order valence-electron chi connectivity index (χ3n) is 6.15. The summed E-state index contributed by atoms with van der Waals surface area (Å²) in [6.45, 7) is 4.59. The van der Waals surface area contributed by atoms with E-state index in [1.165, 1.54) is 94.7 Å². The van der Waals surface area contributed by atoms with E-state index in [-0.39, 0.29) is 5.54 Å². The number of rotatable bonds is 16. The van der Waals surface area contributed by atoms with E-state index in [1.54, 1.807) is 0 Å². The Morgan fingerprint density at radius 2 is 1.00 bits per heavy atom. The lowest BCUT2D eigenvalue weighted by Crippen LogP contribution is -2.35. The van der Waals surface area contributed by atoms with Crippen LogP contribution in [0, 0.1) is 0 Å². The van der Waals surface area contributed by atoms with Crippen LogP contribution in [0.5, 0.6) is 0 Å². The monoisotopic (exact) mass is 393 g/mol. The van der Waals surface area contributed by atoms with Crippen LogP contribution in [0.25, 0.3) is 0 Å². The maximum atomic E-state index is 3.99. The van der Waals surface area contributed by atoms with Crippen molar-refractivity contribution in [3.8, 4) is 0 Å². The minimum Gasteiger partial charge on any atom is -0.376 e. The molecule has 160 valence electrons. The molecule has 1 atom stereocenters. The van der Waals surface area contributed by atoms with Gasteiger partial charge in [0.25, 0.3) is 0 Å². The summed E-state index contributed by atoms with van der Waals surface area (Å²) in [5.74, 6) is 0. The molecule has 0 unspecified atom stereocenters. The summed E-state index contributed by atoms with van der Waals surface area (Å²) in [5.41, 5.74) is 2.73. The summed E-state index contributed by atoms with van der Waals surface area (Å²) in [6, 6.07) is 22.0. The SMILES string of the molecule is CCCCCCCCCC[C@@](CCCCC)(Nc1ccccc1)c1ccccc1. The van der Waals surface area contributed by atoms with Gasteiger partial charge in [-0.3, -0.25) is 0 Å². The topological polar surface area (TPSA) is 12.0 Å². The molecule has 0 aliphatic heterocycles. The van der Waals surface area contributed by atoms with Crippen molar-refractivity contribution in [1.29, 1.82) is 0 Å².